The molecule has 128 valence electrons. The molecule has 2 aromatic rings. The standard InChI is InChI=1S/C18H19ClFNO3/c19-14-2-1-3-16(12-14)24-18-13-15(20)4-5-17(18)23-11-8-21-6-9-22-10-7-21/h1-5,12-13H,6-11H2. The number of morpholine rings is 1. The Kier molecular flexibility index (Phi) is 5.91. The molecule has 0 saturated carbocycles. The molecule has 0 amide bonds. The van der Waals surface area contributed by atoms with Gasteiger partial charge in [-0.15, -0.1) is 0 Å². The van der Waals surface area contributed by atoms with Crippen molar-refractivity contribution in [3.63, 3.8) is 0 Å². The first-order valence-corrected chi connectivity index (χ1v) is 8.24. The van der Waals surface area contributed by atoms with Gasteiger partial charge in [0.15, 0.2) is 11.5 Å². The zero-order chi connectivity index (χ0) is 16.8. The predicted molar refractivity (Wildman–Crippen MR) is 90.7 cm³/mol. The quantitative estimate of drug-likeness (QED) is 0.787. The molecule has 1 heterocycles. The van der Waals surface area contributed by atoms with Crippen molar-refractivity contribution in [2.75, 3.05) is 39.5 Å². The van der Waals surface area contributed by atoms with Crippen molar-refractivity contribution in [2.24, 2.45) is 0 Å². The lowest BCUT2D eigenvalue weighted by molar-refractivity contribution is 0.0321. The highest BCUT2D eigenvalue weighted by atomic mass is 35.5. The van der Waals surface area contributed by atoms with Crippen LogP contribution in [0.25, 0.3) is 0 Å². The second-order valence-electron chi connectivity index (χ2n) is 5.45. The fourth-order valence-corrected chi connectivity index (χ4v) is 2.63. The van der Waals surface area contributed by atoms with E-state index in [9.17, 15) is 4.39 Å². The average molecular weight is 352 g/mol. The van der Waals surface area contributed by atoms with Crippen LogP contribution in [-0.2, 0) is 4.74 Å². The van der Waals surface area contributed by atoms with Gasteiger partial charge in [0.2, 0.25) is 0 Å². The van der Waals surface area contributed by atoms with Gasteiger partial charge in [0, 0.05) is 30.7 Å². The fourth-order valence-electron chi connectivity index (χ4n) is 2.45. The largest absolute Gasteiger partial charge is 0.488 e. The SMILES string of the molecule is Fc1ccc(OCCN2CCOCC2)c(Oc2cccc(Cl)c2)c1. The fraction of sp³-hybridized carbons (Fsp3) is 0.333. The lowest BCUT2D eigenvalue weighted by Crippen LogP contribution is -2.38. The number of nitrogens with zero attached hydrogens (tertiary/aromatic N) is 1. The van der Waals surface area contributed by atoms with Crippen molar-refractivity contribution < 1.29 is 18.6 Å². The van der Waals surface area contributed by atoms with Gasteiger partial charge in [0.1, 0.15) is 18.2 Å². The van der Waals surface area contributed by atoms with E-state index in [0.29, 0.717) is 28.9 Å². The van der Waals surface area contributed by atoms with Crippen LogP contribution in [0.1, 0.15) is 0 Å². The summed E-state index contributed by atoms with van der Waals surface area (Å²) in [6, 6.07) is 11.2. The molecule has 1 aliphatic heterocycles. The molecule has 0 aromatic heterocycles. The number of benzene rings is 2. The summed E-state index contributed by atoms with van der Waals surface area (Å²) >= 11 is 5.95. The van der Waals surface area contributed by atoms with Crippen LogP contribution in [-0.4, -0.2) is 44.4 Å². The molecule has 1 saturated heterocycles. The second-order valence-corrected chi connectivity index (χ2v) is 5.89. The number of rotatable bonds is 6. The van der Waals surface area contributed by atoms with E-state index in [1.165, 1.54) is 12.1 Å². The van der Waals surface area contributed by atoms with Crippen LogP contribution in [0.5, 0.6) is 17.2 Å². The highest BCUT2D eigenvalue weighted by molar-refractivity contribution is 6.30. The van der Waals surface area contributed by atoms with Crippen LogP contribution < -0.4 is 9.47 Å². The molecule has 0 bridgehead atoms. The van der Waals surface area contributed by atoms with Gasteiger partial charge in [-0.3, -0.25) is 4.90 Å². The molecule has 0 unspecified atom stereocenters. The molecule has 4 nitrogen and oxygen atoms in total. The molecule has 2 aromatic carbocycles. The molecule has 0 N–H and O–H groups in total. The Balaban J connectivity index is 1.64. The second kappa shape index (κ2) is 8.33. The number of hydrogen-bond donors (Lipinski definition) is 0. The lowest BCUT2D eigenvalue weighted by atomic mass is 10.3. The van der Waals surface area contributed by atoms with Crippen LogP contribution in [0.3, 0.4) is 0 Å². The van der Waals surface area contributed by atoms with Crippen molar-refractivity contribution in [2.45, 2.75) is 0 Å². The molecule has 6 heteroatoms. The Morgan fingerprint density at radius 2 is 1.92 bits per heavy atom. The third kappa shape index (κ3) is 4.84. The van der Waals surface area contributed by atoms with E-state index >= 15 is 0 Å². The topological polar surface area (TPSA) is 30.9 Å². The molecule has 1 fully saturated rings. The molecule has 0 atom stereocenters. The molecule has 0 aliphatic carbocycles. The highest BCUT2D eigenvalue weighted by Gasteiger charge is 2.12. The van der Waals surface area contributed by atoms with E-state index in [-0.39, 0.29) is 5.82 Å². The first kappa shape index (κ1) is 17.0. The van der Waals surface area contributed by atoms with E-state index in [1.807, 2.05) is 0 Å². The van der Waals surface area contributed by atoms with Crippen molar-refractivity contribution in [1.82, 2.24) is 4.90 Å². The van der Waals surface area contributed by atoms with E-state index in [1.54, 1.807) is 30.3 Å². The number of halogens is 2. The summed E-state index contributed by atoms with van der Waals surface area (Å²) in [6.07, 6.45) is 0. The van der Waals surface area contributed by atoms with Gasteiger partial charge in [-0.2, -0.15) is 0 Å². The van der Waals surface area contributed by atoms with E-state index in [4.69, 9.17) is 25.8 Å². The van der Waals surface area contributed by atoms with Gasteiger partial charge >= 0.3 is 0 Å². The summed E-state index contributed by atoms with van der Waals surface area (Å²) in [5.74, 6) is 0.988. The monoisotopic (exact) mass is 351 g/mol. The van der Waals surface area contributed by atoms with Gasteiger partial charge < -0.3 is 14.2 Å². The smallest absolute Gasteiger partial charge is 0.172 e. The summed E-state index contributed by atoms with van der Waals surface area (Å²) < 4.78 is 30.4. The number of hydrogen-bond acceptors (Lipinski definition) is 4. The summed E-state index contributed by atoms with van der Waals surface area (Å²) in [4.78, 5) is 2.27. The van der Waals surface area contributed by atoms with Crippen LogP contribution in [0, 0.1) is 5.82 Å². The Labute approximate surface area is 145 Å². The van der Waals surface area contributed by atoms with E-state index in [0.717, 1.165) is 32.8 Å². The van der Waals surface area contributed by atoms with Crippen molar-refractivity contribution in [1.29, 1.82) is 0 Å². The third-order valence-electron chi connectivity index (χ3n) is 3.70. The molecular formula is C18H19ClFNO3. The highest BCUT2D eigenvalue weighted by Crippen LogP contribution is 2.33. The van der Waals surface area contributed by atoms with Gasteiger partial charge in [-0.25, -0.2) is 4.39 Å². The minimum Gasteiger partial charge on any atom is -0.488 e. The maximum atomic E-state index is 13.6. The summed E-state index contributed by atoms with van der Waals surface area (Å²) in [6.45, 7) is 4.59. The van der Waals surface area contributed by atoms with Crippen molar-refractivity contribution >= 4 is 11.6 Å². The summed E-state index contributed by atoms with van der Waals surface area (Å²) in [7, 11) is 0. The number of ether oxygens (including phenoxy) is 3. The molecule has 0 spiro atoms. The predicted octanol–water partition coefficient (Wildman–Crippen LogP) is 3.98. The molecule has 3 rings (SSSR count). The summed E-state index contributed by atoms with van der Waals surface area (Å²) in [5, 5.41) is 0.554. The van der Waals surface area contributed by atoms with Crippen LogP contribution in [0.4, 0.5) is 4.39 Å². The third-order valence-corrected chi connectivity index (χ3v) is 3.93. The van der Waals surface area contributed by atoms with Crippen molar-refractivity contribution in [3.8, 4) is 17.2 Å². The van der Waals surface area contributed by atoms with Crippen molar-refractivity contribution in [3.05, 3.63) is 53.3 Å². The van der Waals surface area contributed by atoms with Crippen LogP contribution >= 0.6 is 11.6 Å². The molecule has 0 radical (unpaired) electrons. The molecule has 1 aliphatic rings. The first-order valence-electron chi connectivity index (χ1n) is 7.86. The first-order chi connectivity index (χ1) is 11.7. The molecular weight excluding hydrogens is 333 g/mol. The van der Waals surface area contributed by atoms with Crippen LogP contribution in [0.15, 0.2) is 42.5 Å². The van der Waals surface area contributed by atoms with Gasteiger partial charge in [-0.05, 0) is 30.3 Å². The Morgan fingerprint density at radius 1 is 1.08 bits per heavy atom. The maximum Gasteiger partial charge on any atom is 0.172 e. The lowest BCUT2D eigenvalue weighted by Gasteiger charge is -2.26. The van der Waals surface area contributed by atoms with Crippen LogP contribution in [0.2, 0.25) is 5.02 Å². The minimum absolute atomic E-state index is 0.333. The van der Waals surface area contributed by atoms with E-state index < -0.39 is 0 Å². The summed E-state index contributed by atoms with van der Waals surface area (Å²) in [5.41, 5.74) is 0. The Morgan fingerprint density at radius 3 is 2.71 bits per heavy atom. The van der Waals surface area contributed by atoms with Gasteiger partial charge in [0.05, 0.1) is 13.2 Å². The van der Waals surface area contributed by atoms with E-state index in [2.05, 4.69) is 4.90 Å². The minimum atomic E-state index is -0.382. The Hall–Kier alpha value is -1.82. The normalized spacial score (nSPS) is 15.2. The van der Waals surface area contributed by atoms with Gasteiger partial charge in [0.25, 0.3) is 0 Å². The average Bonchev–Trinajstić information content (AvgIpc) is 2.58. The zero-order valence-electron chi connectivity index (χ0n) is 13.2. The maximum absolute atomic E-state index is 13.6. The Bertz CT molecular complexity index is 677. The molecule has 24 heavy (non-hydrogen) atoms. The zero-order valence-corrected chi connectivity index (χ0v) is 14.0. The van der Waals surface area contributed by atoms with Gasteiger partial charge in [-0.1, -0.05) is 17.7 Å².